The van der Waals surface area contributed by atoms with Gasteiger partial charge in [0.2, 0.25) is 5.91 Å². The average Bonchev–Trinajstić information content (AvgIpc) is 2.56. The maximum absolute atomic E-state index is 11.8. The summed E-state index contributed by atoms with van der Waals surface area (Å²) in [5.41, 5.74) is 3.42. The molecule has 1 heterocycles. The fourth-order valence-corrected chi connectivity index (χ4v) is 2.30. The van der Waals surface area contributed by atoms with Crippen LogP contribution in [-0.2, 0) is 17.8 Å². The highest BCUT2D eigenvalue weighted by Gasteiger charge is 2.26. The van der Waals surface area contributed by atoms with Crippen LogP contribution in [0.2, 0.25) is 0 Å². The lowest BCUT2D eigenvalue weighted by atomic mass is 10.1. The molecule has 16 heavy (non-hydrogen) atoms. The third-order valence-corrected chi connectivity index (χ3v) is 2.98. The van der Waals surface area contributed by atoms with Gasteiger partial charge in [0, 0.05) is 24.5 Å². The number of anilines is 1. The highest BCUT2D eigenvalue weighted by Crippen LogP contribution is 2.29. The number of carbonyl (C=O) groups excluding carboxylic acids is 1. The van der Waals surface area contributed by atoms with Crippen LogP contribution < -0.4 is 10.2 Å². The second-order valence-electron chi connectivity index (χ2n) is 3.94. The Labute approximate surface area is 101 Å². The first kappa shape index (κ1) is 11.5. The van der Waals surface area contributed by atoms with Crippen molar-refractivity contribution in [1.82, 2.24) is 5.32 Å². The van der Waals surface area contributed by atoms with Gasteiger partial charge in [0.1, 0.15) is 0 Å². The quantitative estimate of drug-likeness (QED) is 0.771. The fraction of sp³-hybridized carbons (Fsp3) is 0.417. The first-order valence-corrected chi connectivity index (χ1v) is 6.07. The number of thiol groups is 1. The standard InChI is InChI=1S/C12H16N2OS/c1-13-8-9-2-3-11-10(6-9)7-12(15)14(11)4-5-16/h2-3,6,13,16H,4-5,7-8H2,1H3. The maximum atomic E-state index is 11.8. The van der Waals surface area contributed by atoms with Crippen molar-refractivity contribution in [2.24, 2.45) is 0 Å². The van der Waals surface area contributed by atoms with Crippen molar-refractivity contribution in [2.45, 2.75) is 13.0 Å². The van der Waals surface area contributed by atoms with Crippen LogP contribution in [0.15, 0.2) is 18.2 Å². The van der Waals surface area contributed by atoms with Crippen LogP contribution in [0, 0.1) is 0 Å². The summed E-state index contributed by atoms with van der Waals surface area (Å²) in [6.07, 6.45) is 0.528. The second kappa shape index (κ2) is 4.89. The molecule has 0 unspecified atom stereocenters. The van der Waals surface area contributed by atoms with Gasteiger partial charge >= 0.3 is 0 Å². The van der Waals surface area contributed by atoms with Crippen molar-refractivity contribution in [3.63, 3.8) is 0 Å². The Morgan fingerprint density at radius 2 is 2.31 bits per heavy atom. The normalized spacial score (nSPS) is 14.4. The van der Waals surface area contributed by atoms with Crippen LogP contribution in [0.4, 0.5) is 5.69 Å². The van der Waals surface area contributed by atoms with E-state index in [2.05, 4.69) is 30.1 Å². The van der Waals surface area contributed by atoms with Crippen LogP contribution in [0.1, 0.15) is 11.1 Å². The van der Waals surface area contributed by atoms with Gasteiger partial charge in [-0.15, -0.1) is 0 Å². The monoisotopic (exact) mass is 236 g/mol. The molecule has 1 aromatic carbocycles. The van der Waals surface area contributed by atoms with Crippen LogP contribution >= 0.6 is 12.6 Å². The largest absolute Gasteiger partial charge is 0.316 e. The van der Waals surface area contributed by atoms with Gasteiger partial charge in [-0.3, -0.25) is 4.79 Å². The van der Waals surface area contributed by atoms with E-state index in [9.17, 15) is 4.79 Å². The van der Waals surface area contributed by atoms with E-state index < -0.39 is 0 Å². The van der Waals surface area contributed by atoms with Crippen LogP contribution in [0.3, 0.4) is 0 Å². The average molecular weight is 236 g/mol. The predicted molar refractivity (Wildman–Crippen MR) is 69.1 cm³/mol. The first-order valence-electron chi connectivity index (χ1n) is 5.44. The Morgan fingerprint density at radius 3 is 3.00 bits per heavy atom. The molecule has 1 N–H and O–H groups in total. The van der Waals surface area contributed by atoms with Crippen LogP contribution in [0.25, 0.3) is 0 Å². The lowest BCUT2D eigenvalue weighted by molar-refractivity contribution is -0.117. The number of hydrogen-bond donors (Lipinski definition) is 2. The molecule has 1 aromatic rings. The maximum Gasteiger partial charge on any atom is 0.231 e. The van der Waals surface area contributed by atoms with E-state index >= 15 is 0 Å². The molecule has 3 nitrogen and oxygen atoms in total. The number of rotatable bonds is 4. The zero-order valence-electron chi connectivity index (χ0n) is 9.36. The van der Waals surface area contributed by atoms with E-state index in [0.29, 0.717) is 18.7 Å². The summed E-state index contributed by atoms with van der Waals surface area (Å²) in [5.74, 6) is 0.884. The number of nitrogens with one attached hydrogen (secondary N) is 1. The van der Waals surface area contributed by atoms with E-state index in [-0.39, 0.29) is 5.91 Å². The number of carbonyl (C=O) groups is 1. The lowest BCUT2D eigenvalue weighted by Gasteiger charge is -2.16. The summed E-state index contributed by atoms with van der Waals surface area (Å²) in [6, 6.07) is 6.22. The van der Waals surface area contributed by atoms with E-state index in [4.69, 9.17) is 0 Å². The van der Waals surface area contributed by atoms with Crippen molar-refractivity contribution in [3.05, 3.63) is 29.3 Å². The molecule has 1 amide bonds. The van der Waals surface area contributed by atoms with Gasteiger partial charge < -0.3 is 10.2 Å². The van der Waals surface area contributed by atoms with Gasteiger partial charge in [0.15, 0.2) is 0 Å². The number of hydrogen-bond acceptors (Lipinski definition) is 3. The van der Waals surface area contributed by atoms with Gasteiger partial charge in [0.25, 0.3) is 0 Å². The topological polar surface area (TPSA) is 32.3 Å². The molecule has 0 saturated heterocycles. The molecule has 0 aromatic heterocycles. The molecule has 86 valence electrons. The molecule has 0 spiro atoms. The molecule has 0 aliphatic carbocycles. The molecule has 2 rings (SSSR count). The third kappa shape index (κ3) is 2.08. The molecule has 0 saturated carbocycles. The molecule has 0 radical (unpaired) electrons. The number of nitrogens with zero attached hydrogens (tertiary/aromatic N) is 1. The molecule has 4 heteroatoms. The smallest absolute Gasteiger partial charge is 0.231 e. The Morgan fingerprint density at radius 1 is 1.50 bits per heavy atom. The fourth-order valence-electron chi connectivity index (χ4n) is 2.10. The minimum atomic E-state index is 0.186. The van der Waals surface area contributed by atoms with Crippen molar-refractivity contribution in [2.75, 3.05) is 24.2 Å². The summed E-state index contributed by atoms with van der Waals surface area (Å²) in [6.45, 7) is 1.54. The van der Waals surface area contributed by atoms with Gasteiger partial charge in [0.05, 0.1) is 6.42 Å². The summed E-state index contributed by atoms with van der Waals surface area (Å²) in [7, 11) is 1.92. The zero-order valence-corrected chi connectivity index (χ0v) is 10.3. The third-order valence-electron chi connectivity index (χ3n) is 2.78. The van der Waals surface area contributed by atoms with E-state index in [1.807, 2.05) is 18.0 Å². The molecule has 0 bridgehead atoms. The van der Waals surface area contributed by atoms with Gasteiger partial charge in [-0.25, -0.2) is 0 Å². The Kier molecular flexibility index (Phi) is 3.51. The predicted octanol–water partition coefficient (Wildman–Crippen LogP) is 1.22. The number of amides is 1. The highest BCUT2D eigenvalue weighted by molar-refractivity contribution is 7.80. The molecular weight excluding hydrogens is 220 g/mol. The first-order chi connectivity index (χ1) is 7.76. The van der Waals surface area contributed by atoms with Crippen LogP contribution in [0.5, 0.6) is 0 Å². The Bertz CT molecular complexity index is 406. The molecule has 0 atom stereocenters. The Balaban J connectivity index is 2.27. The van der Waals surface area contributed by atoms with Crippen molar-refractivity contribution >= 4 is 24.2 Å². The SMILES string of the molecule is CNCc1ccc2c(c1)CC(=O)N2CCS. The van der Waals surface area contributed by atoms with Gasteiger partial charge in [-0.05, 0) is 24.2 Å². The number of fused-ring (bicyclic) bond motifs is 1. The molecule has 0 fully saturated rings. The summed E-state index contributed by atoms with van der Waals surface area (Å²) >= 11 is 4.18. The zero-order chi connectivity index (χ0) is 11.5. The second-order valence-corrected chi connectivity index (χ2v) is 4.39. The number of benzene rings is 1. The Hall–Kier alpha value is -1.00. The van der Waals surface area contributed by atoms with Crippen molar-refractivity contribution in [3.8, 4) is 0 Å². The molecule has 1 aliphatic rings. The minimum absolute atomic E-state index is 0.186. The highest BCUT2D eigenvalue weighted by atomic mass is 32.1. The minimum Gasteiger partial charge on any atom is -0.316 e. The summed E-state index contributed by atoms with van der Waals surface area (Å²) < 4.78 is 0. The summed E-state index contributed by atoms with van der Waals surface area (Å²) in [5, 5.41) is 3.11. The van der Waals surface area contributed by atoms with Gasteiger partial charge in [-0.2, -0.15) is 12.6 Å². The van der Waals surface area contributed by atoms with Crippen LogP contribution in [-0.4, -0.2) is 25.3 Å². The summed E-state index contributed by atoms with van der Waals surface area (Å²) in [4.78, 5) is 13.6. The molecular formula is C12H16N2OS. The molecule has 1 aliphatic heterocycles. The lowest BCUT2D eigenvalue weighted by Crippen LogP contribution is -2.28. The van der Waals surface area contributed by atoms with E-state index in [0.717, 1.165) is 17.8 Å². The van der Waals surface area contributed by atoms with E-state index in [1.165, 1.54) is 5.56 Å². The van der Waals surface area contributed by atoms with E-state index in [1.54, 1.807) is 0 Å². The van der Waals surface area contributed by atoms with Crippen molar-refractivity contribution in [1.29, 1.82) is 0 Å². The van der Waals surface area contributed by atoms with Crippen molar-refractivity contribution < 1.29 is 4.79 Å². The van der Waals surface area contributed by atoms with Gasteiger partial charge in [-0.1, -0.05) is 12.1 Å².